The second-order valence-corrected chi connectivity index (χ2v) is 7.60. The Balaban J connectivity index is 1.94. The summed E-state index contributed by atoms with van der Waals surface area (Å²) in [5.74, 6) is 2.66. The minimum absolute atomic E-state index is 0.219. The molecule has 1 aromatic carbocycles. The molecule has 3 N–H and O–H groups in total. The van der Waals surface area contributed by atoms with Gasteiger partial charge in [-0.1, -0.05) is 12.8 Å². The molecular weight excluding hydrogens is 382 g/mol. The lowest BCUT2D eigenvalue weighted by Crippen LogP contribution is -2.39. The summed E-state index contributed by atoms with van der Waals surface area (Å²) in [4.78, 5) is 4.57. The number of nitrogens with one attached hydrogen (secondary N) is 2. The molecule has 0 saturated heterocycles. The van der Waals surface area contributed by atoms with Crippen LogP contribution >= 0.6 is 0 Å². The number of ether oxygens (including phenoxy) is 3. The van der Waals surface area contributed by atoms with Crippen LogP contribution in [0.1, 0.15) is 57.6 Å². The van der Waals surface area contributed by atoms with E-state index in [4.69, 9.17) is 14.2 Å². The number of hydrogen-bond acceptors (Lipinski definition) is 5. The largest absolute Gasteiger partial charge is 0.497 e. The Morgan fingerprint density at radius 3 is 2.57 bits per heavy atom. The molecule has 0 heterocycles. The van der Waals surface area contributed by atoms with Crippen LogP contribution in [0.2, 0.25) is 0 Å². The topological polar surface area (TPSA) is 84.3 Å². The first-order chi connectivity index (χ1) is 14.6. The molecule has 0 aliphatic heterocycles. The average Bonchev–Trinajstić information content (AvgIpc) is 3.31. The summed E-state index contributed by atoms with van der Waals surface area (Å²) in [6.45, 7) is 6.60. The molecule has 1 aliphatic carbocycles. The van der Waals surface area contributed by atoms with Gasteiger partial charge < -0.3 is 30.0 Å². The second kappa shape index (κ2) is 13.3. The van der Waals surface area contributed by atoms with E-state index in [1.807, 2.05) is 13.0 Å². The number of aliphatic hydroxyl groups is 1. The Morgan fingerprint density at radius 2 is 1.93 bits per heavy atom. The SMILES string of the molecule is CCNC(=NCC(O)c1cc(OC)ccc1OC)NCCC(OCC)C1CCCC1. The first-order valence-electron chi connectivity index (χ1n) is 11.2. The maximum atomic E-state index is 10.7. The fourth-order valence-corrected chi connectivity index (χ4v) is 4.05. The number of rotatable bonds is 12. The van der Waals surface area contributed by atoms with Gasteiger partial charge in [-0.15, -0.1) is 0 Å². The summed E-state index contributed by atoms with van der Waals surface area (Å²) in [6, 6.07) is 5.39. The molecule has 1 aliphatic rings. The van der Waals surface area contributed by atoms with Crippen LogP contribution in [0.4, 0.5) is 0 Å². The smallest absolute Gasteiger partial charge is 0.191 e. The molecule has 170 valence electrons. The van der Waals surface area contributed by atoms with Gasteiger partial charge in [0.2, 0.25) is 0 Å². The Labute approximate surface area is 181 Å². The molecule has 2 unspecified atom stereocenters. The minimum Gasteiger partial charge on any atom is -0.497 e. The molecule has 7 nitrogen and oxygen atoms in total. The van der Waals surface area contributed by atoms with Crippen molar-refractivity contribution >= 4 is 5.96 Å². The zero-order valence-corrected chi connectivity index (χ0v) is 18.9. The third-order valence-corrected chi connectivity index (χ3v) is 5.59. The fraction of sp³-hybridized carbons (Fsp3) is 0.696. The summed E-state index contributed by atoms with van der Waals surface area (Å²) >= 11 is 0. The van der Waals surface area contributed by atoms with Gasteiger partial charge >= 0.3 is 0 Å². The lowest BCUT2D eigenvalue weighted by molar-refractivity contribution is 0.0169. The molecule has 1 saturated carbocycles. The molecule has 1 fully saturated rings. The molecule has 30 heavy (non-hydrogen) atoms. The number of aliphatic hydroxyl groups excluding tert-OH is 1. The highest BCUT2D eigenvalue weighted by molar-refractivity contribution is 5.79. The standard InChI is InChI=1S/C23H39N3O4/c1-5-24-23(25-14-13-21(30-6-2)17-9-7-8-10-17)26-16-20(27)19-15-18(28-3)11-12-22(19)29-4/h11-12,15,17,20-21,27H,5-10,13-14,16H2,1-4H3,(H2,24,25,26). The number of guanidine groups is 1. The average molecular weight is 422 g/mol. The zero-order chi connectivity index (χ0) is 21.8. The van der Waals surface area contributed by atoms with Gasteiger partial charge in [0, 0.05) is 25.3 Å². The van der Waals surface area contributed by atoms with Gasteiger partial charge in [-0.05, 0) is 57.2 Å². The molecule has 2 atom stereocenters. The molecule has 0 aromatic heterocycles. The van der Waals surface area contributed by atoms with Crippen molar-refractivity contribution in [3.8, 4) is 11.5 Å². The third-order valence-electron chi connectivity index (χ3n) is 5.59. The molecule has 0 amide bonds. The third kappa shape index (κ3) is 7.36. The van der Waals surface area contributed by atoms with E-state index in [1.165, 1.54) is 25.7 Å². The monoisotopic (exact) mass is 421 g/mol. The zero-order valence-electron chi connectivity index (χ0n) is 18.9. The van der Waals surface area contributed by atoms with Gasteiger partial charge in [0.05, 0.1) is 26.9 Å². The van der Waals surface area contributed by atoms with E-state index in [0.717, 1.165) is 26.1 Å². The van der Waals surface area contributed by atoms with Crippen molar-refractivity contribution in [2.24, 2.45) is 10.9 Å². The first kappa shape index (κ1) is 24.3. The molecular formula is C23H39N3O4. The lowest BCUT2D eigenvalue weighted by atomic mass is 9.98. The van der Waals surface area contributed by atoms with Crippen molar-refractivity contribution in [1.29, 1.82) is 0 Å². The van der Waals surface area contributed by atoms with E-state index < -0.39 is 6.10 Å². The number of nitrogens with zero attached hydrogens (tertiary/aromatic N) is 1. The van der Waals surface area contributed by atoms with E-state index in [0.29, 0.717) is 35.0 Å². The highest BCUT2D eigenvalue weighted by Crippen LogP contribution is 2.31. The van der Waals surface area contributed by atoms with Crippen LogP contribution in [0.15, 0.2) is 23.2 Å². The van der Waals surface area contributed by atoms with Crippen molar-refractivity contribution in [1.82, 2.24) is 10.6 Å². The Morgan fingerprint density at radius 1 is 1.17 bits per heavy atom. The van der Waals surface area contributed by atoms with Gasteiger partial charge in [-0.25, -0.2) is 0 Å². The van der Waals surface area contributed by atoms with Gasteiger partial charge in [-0.2, -0.15) is 0 Å². The molecule has 0 spiro atoms. The molecule has 2 rings (SSSR count). The van der Waals surface area contributed by atoms with Crippen molar-refractivity contribution in [2.75, 3.05) is 40.5 Å². The van der Waals surface area contributed by atoms with E-state index >= 15 is 0 Å². The lowest BCUT2D eigenvalue weighted by Gasteiger charge is -2.24. The highest BCUT2D eigenvalue weighted by Gasteiger charge is 2.25. The fourth-order valence-electron chi connectivity index (χ4n) is 4.05. The van der Waals surface area contributed by atoms with Gasteiger partial charge in [0.15, 0.2) is 5.96 Å². The van der Waals surface area contributed by atoms with Crippen LogP contribution in [0.25, 0.3) is 0 Å². The predicted molar refractivity (Wildman–Crippen MR) is 120 cm³/mol. The summed E-state index contributed by atoms with van der Waals surface area (Å²) in [7, 11) is 3.19. The van der Waals surface area contributed by atoms with Crippen LogP contribution in [0, 0.1) is 5.92 Å². The first-order valence-corrected chi connectivity index (χ1v) is 11.2. The van der Waals surface area contributed by atoms with Crippen molar-refractivity contribution in [3.05, 3.63) is 23.8 Å². The second-order valence-electron chi connectivity index (χ2n) is 7.60. The van der Waals surface area contributed by atoms with Crippen molar-refractivity contribution in [2.45, 2.75) is 58.2 Å². The van der Waals surface area contributed by atoms with Gasteiger partial charge in [0.1, 0.15) is 17.6 Å². The van der Waals surface area contributed by atoms with Crippen molar-refractivity contribution < 1.29 is 19.3 Å². The normalized spacial score (nSPS) is 16.9. The van der Waals surface area contributed by atoms with Gasteiger partial charge in [0.25, 0.3) is 0 Å². The number of methoxy groups -OCH3 is 2. The number of hydrogen-bond donors (Lipinski definition) is 3. The van der Waals surface area contributed by atoms with E-state index in [1.54, 1.807) is 26.4 Å². The summed E-state index contributed by atoms with van der Waals surface area (Å²) in [5, 5.41) is 17.3. The maximum absolute atomic E-state index is 10.7. The quantitative estimate of drug-likeness (QED) is 0.355. The maximum Gasteiger partial charge on any atom is 0.191 e. The molecule has 1 aromatic rings. The summed E-state index contributed by atoms with van der Waals surface area (Å²) < 4.78 is 16.6. The van der Waals surface area contributed by atoms with E-state index in [-0.39, 0.29) is 6.54 Å². The molecule has 0 radical (unpaired) electrons. The Bertz CT molecular complexity index is 647. The number of aliphatic imine (C=N–C) groups is 1. The van der Waals surface area contributed by atoms with Crippen molar-refractivity contribution in [3.63, 3.8) is 0 Å². The van der Waals surface area contributed by atoms with E-state index in [2.05, 4.69) is 22.5 Å². The van der Waals surface area contributed by atoms with Gasteiger partial charge in [-0.3, -0.25) is 4.99 Å². The molecule has 7 heteroatoms. The Hall–Kier alpha value is -1.99. The van der Waals surface area contributed by atoms with Crippen LogP contribution in [-0.4, -0.2) is 57.6 Å². The number of benzene rings is 1. The van der Waals surface area contributed by atoms with Crippen LogP contribution in [0.5, 0.6) is 11.5 Å². The van der Waals surface area contributed by atoms with E-state index in [9.17, 15) is 5.11 Å². The Kier molecular flexibility index (Phi) is 10.8. The molecule has 0 bridgehead atoms. The van der Waals surface area contributed by atoms with Crippen LogP contribution in [0.3, 0.4) is 0 Å². The highest BCUT2D eigenvalue weighted by atomic mass is 16.5. The van der Waals surface area contributed by atoms with Crippen LogP contribution in [-0.2, 0) is 4.74 Å². The minimum atomic E-state index is -0.792. The van der Waals surface area contributed by atoms with Crippen LogP contribution < -0.4 is 20.1 Å². The summed E-state index contributed by atoms with van der Waals surface area (Å²) in [5.41, 5.74) is 0.661. The summed E-state index contributed by atoms with van der Waals surface area (Å²) in [6.07, 6.45) is 5.64. The predicted octanol–water partition coefficient (Wildman–Crippen LogP) is 3.28.